The Morgan fingerprint density at radius 2 is 2.19 bits per heavy atom. The molecule has 1 aliphatic heterocycles. The molecule has 0 unspecified atom stereocenters. The molecule has 3 rings (SSSR count). The second-order valence-corrected chi connectivity index (χ2v) is 7.67. The fourth-order valence-electron chi connectivity index (χ4n) is 3.13. The van der Waals surface area contributed by atoms with E-state index < -0.39 is 0 Å². The normalized spacial score (nSPS) is 15.9. The molecule has 1 aromatic carbocycles. The summed E-state index contributed by atoms with van der Waals surface area (Å²) in [6.07, 6.45) is 3.30. The summed E-state index contributed by atoms with van der Waals surface area (Å²) in [4.78, 5) is 22.5. The van der Waals surface area contributed by atoms with E-state index in [0.717, 1.165) is 36.2 Å². The quantitative estimate of drug-likeness (QED) is 0.450. The maximum atomic E-state index is 11.7. The van der Waals surface area contributed by atoms with Crippen LogP contribution in [0.4, 0.5) is 4.79 Å². The molecular weight excluding hydrogens is 362 g/mol. The summed E-state index contributed by atoms with van der Waals surface area (Å²) in [5.74, 6) is 0.480. The highest BCUT2D eigenvalue weighted by atomic mass is 32.1. The molecule has 2 aromatic rings. The first-order valence-electron chi connectivity index (χ1n) is 9.48. The van der Waals surface area contributed by atoms with Crippen molar-refractivity contribution in [1.29, 1.82) is 0 Å². The van der Waals surface area contributed by atoms with E-state index in [9.17, 15) is 4.79 Å². The molecule has 3 N–H and O–H groups in total. The van der Waals surface area contributed by atoms with E-state index in [1.807, 2.05) is 25.1 Å². The van der Waals surface area contributed by atoms with Crippen molar-refractivity contribution in [3.8, 4) is 0 Å². The number of likely N-dealkylation sites (tertiary alicyclic amines) is 1. The van der Waals surface area contributed by atoms with E-state index in [1.54, 1.807) is 16.2 Å². The smallest absolute Gasteiger partial charge is 0.409 e. The third-order valence-electron chi connectivity index (χ3n) is 4.54. The van der Waals surface area contributed by atoms with E-state index >= 15 is 0 Å². The molecule has 8 heteroatoms. The molecular formula is C19H27N5O2S. The van der Waals surface area contributed by atoms with Crippen LogP contribution < -0.4 is 11.1 Å². The number of thiazole rings is 1. The number of fused-ring (bicyclic) bond motifs is 1. The number of aliphatic imine (C=N–C) groups is 1. The Bertz CT molecular complexity index is 750. The lowest BCUT2D eigenvalue weighted by molar-refractivity contribution is 0.0963. The molecule has 0 bridgehead atoms. The molecule has 0 radical (unpaired) electrons. The van der Waals surface area contributed by atoms with Gasteiger partial charge in [-0.05, 0) is 38.3 Å². The number of guanidine groups is 1. The Balaban J connectivity index is 1.36. The van der Waals surface area contributed by atoms with Crippen LogP contribution in [0.2, 0.25) is 0 Å². The first-order chi connectivity index (χ1) is 13.2. The topological polar surface area (TPSA) is 92.8 Å². The molecule has 27 heavy (non-hydrogen) atoms. The number of carbonyl (C=O) groups excluding carboxylic acids is 1. The molecule has 0 aliphatic carbocycles. The molecule has 0 atom stereocenters. The van der Waals surface area contributed by atoms with Crippen LogP contribution in [-0.2, 0) is 11.2 Å². The number of amides is 1. The summed E-state index contributed by atoms with van der Waals surface area (Å²) in [5, 5.41) is 4.41. The minimum atomic E-state index is -0.229. The number of aryl methyl sites for hydroxylation is 1. The second-order valence-electron chi connectivity index (χ2n) is 6.55. The molecule has 0 saturated carbocycles. The number of aromatic nitrogens is 1. The molecule has 0 spiro atoms. The molecule has 2 heterocycles. The van der Waals surface area contributed by atoms with Gasteiger partial charge in [0.25, 0.3) is 0 Å². The largest absolute Gasteiger partial charge is 0.450 e. The SMILES string of the molecule is CCOC(=O)N1CCC(NC(N)=NCCCc2nc3ccccc3s2)CC1. The fourth-order valence-corrected chi connectivity index (χ4v) is 4.14. The second kappa shape index (κ2) is 9.55. The van der Waals surface area contributed by atoms with Crippen LogP contribution >= 0.6 is 11.3 Å². The van der Waals surface area contributed by atoms with Gasteiger partial charge in [0, 0.05) is 32.1 Å². The third-order valence-corrected chi connectivity index (χ3v) is 5.64. The lowest BCUT2D eigenvalue weighted by Crippen LogP contribution is -2.48. The predicted molar refractivity (Wildman–Crippen MR) is 109 cm³/mol. The van der Waals surface area contributed by atoms with Crippen LogP contribution in [0.25, 0.3) is 10.2 Å². The van der Waals surface area contributed by atoms with Crippen LogP contribution in [0.15, 0.2) is 29.3 Å². The number of ether oxygens (including phenoxy) is 1. The van der Waals surface area contributed by atoms with Gasteiger partial charge in [0.2, 0.25) is 0 Å². The van der Waals surface area contributed by atoms with Crippen molar-refractivity contribution in [2.24, 2.45) is 10.7 Å². The first kappa shape index (κ1) is 19.4. The Morgan fingerprint density at radius 1 is 1.41 bits per heavy atom. The van der Waals surface area contributed by atoms with Gasteiger partial charge in [-0.3, -0.25) is 4.99 Å². The maximum Gasteiger partial charge on any atom is 0.409 e. The highest BCUT2D eigenvalue weighted by molar-refractivity contribution is 7.18. The molecule has 1 saturated heterocycles. The van der Waals surface area contributed by atoms with Gasteiger partial charge < -0.3 is 20.7 Å². The van der Waals surface area contributed by atoms with Gasteiger partial charge in [-0.2, -0.15) is 0 Å². The third kappa shape index (κ3) is 5.56. The monoisotopic (exact) mass is 389 g/mol. The zero-order valence-corrected chi connectivity index (χ0v) is 16.5. The van der Waals surface area contributed by atoms with E-state index in [4.69, 9.17) is 10.5 Å². The number of hydrogen-bond acceptors (Lipinski definition) is 5. The Hall–Kier alpha value is -2.35. The van der Waals surface area contributed by atoms with Crippen LogP contribution in [0.1, 0.15) is 31.2 Å². The lowest BCUT2D eigenvalue weighted by Gasteiger charge is -2.31. The van der Waals surface area contributed by atoms with E-state index in [2.05, 4.69) is 21.4 Å². The number of nitrogens with two attached hydrogens (primary N) is 1. The van der Waals surface area contributed by atoms with Gasteiger partial charge in [0.1, 0.15) is 0 Å². The van der Waals surface area contributed by atoms with Crippen molar-refractivity contribution < 1.29 is 9.53 Å². The fraction of sp³-hybridized carbons (Fsp3) is 0.526. The van der Waals surface area contributed by atoms with Crippen molar-refractivity contribution in [3.05, 3.63) is 29.3 Å². The highest BCUT2D eigenvalue weighted by Crippen LogP contribution is 2.22. The van der Waals surface area contributed by atoms with E-state index in [-0.39, 0.29) is 12.1 Å². The predicted octanol–water partition coefficient (Wildman–Crippen LogP) is 2.75. The minimum absolute atomic E-state index is 0.229. The Labute approximate surface area is 163 Å². The van der Waals surface area contributed by atoms with Gasteiger partial charge >= 0.3 is 6.09 Å². The van der Waals surface area contributed by atoms with Crippen LogP contribution in [0.3, 0.4) is 0 Å². The van der Waals surface area contributed by atoms with Gasteiger partial charge in [0.05, 0.1) is 21.8 Å². The first-order valence-corrected chi connectivity index (χ1v) is 10.3. The minimum Gasteiger partial charge on any atom is -0.450 e. The number of nitrogens with one attached hydrogen (secondary N) is 1. The van der Waals surface area contributed by atoms with Gasteiger partial charge in [0.15, 0.2) is 5.96 Å². The summed E-state index contributed by atoms with van der Waals surface area (Å²) in [6, 6.07) is 8.45. The molecule has 1 amide bonds. The summed E-state index contributed by atoms with van der Waals surface area (Å²) >= 11 is 1.74. The average molecular weight is 390 g/mol. The standard InChI is InChI=1S/C19H27N5O2S/c1-2-26-19(25)24-12-9-14(10-13-24)22-18(20)21-11-5-8-17-23-15-6-3-4-7-16(15)27-17/h3-4,6-7,14H,2,5,8-13H2,1H3,(H3,20,21,22). The lowest BCUT2D eigenvalue weighted by atomic mass is 10.1. The molecule has 7 nitrogen and oxygen atoms in total. The van der Waals surface area contributed by atoms with Crippen LogP contribution in [0.5, 0.6) is 0 Å². The zero-order chi connectivity index (χ0) is 19.1. The molecule has 146 valence electrons. The maximum absolute atomic E-state index is 11.7. The Morgan fingerprint density at radius 3 is 2.93 bits per heavy atom. The van der Waals surface area contributed by atoms with Crippen LogP contribution in [0, 0.1) is 0 Å². The van der Waals surface area contributed by atoms with Gasteiger partial charge in [-0.1, -0.05) is 12.1 Å². The number of rotatable bonds is 6. The highest BCUT2D eigenvalue weighted by Gasteiger charge is 2.23. The average Bonchev–Trinajstić information content (AvgIpc) is 3.09. The Kier molecular flexibility index (Phi) is 6.86. The van der Waals surface area contributed by atoms with Crippen molar-refractivity contribution in [1.82, 2.24) is 15.2 Å². The zero-order valence-electron chi connectivity index (χ0n) is 15.7. The van der Waals surface area contributed by atoms with Crippen molar-refractivity contribution in [3.63, 3.8) is 0 Å². The van der Waals surface area contributed by atoms with Crippen molar-refractivity contribution in [2.45, 2.75) is 38.6 Å². The number of para-hydroxylation sites is 1. The van der Waals surface area contributed by atoms with Crippen molar-refractivity contribution in [2.75, 3.05) is 26.2 Å². The summed E-state index contributed by atoms with van der Waals surface area (Å²) in [7, 11) is 0. The summed E-state index contributed by atoms with van der Waals surface area (Å²) < 4.78 is 6.26. The molecule has 1 fully saturated rings. The summed E-state index contributed by atoms with van der Waals surface area (Å²) in [5.41, 5.74) is 7.07. The van der Waals surface area contributed by atoms with Crippen LogP contribution in [-0.4, -0.2) is 54.2 Å². The number of hydrogen-bond donors (Lipinski definition) is 2. The number of benzene rings is 1. The number of nitrogens with zero attached hydrogens (tertiary/aromatic N) is 3. The number of piperidine rings is 1. The van der Waals surface area contributed by atoms with E-state index in [0.29, 0.717) is 32.2 Å². The van der Waals surface area contributed by atoms with Gasteiger partial charge in [-0.25, -0.2) is 9.78 Å². The summed E-state index contributed by atoms with van der Waals surface area (Å²) in [6.45, 7) is 4.27. The van der Waals surface area contributed by atoms with Gasteiger partial charge in [-0.15, -0.1) is 11.3 Å². The molecule has 1 aromatic heterocycles. The van der Waals surface area contributed by atoms with Crippen molar-refractivity contribution >= 4 is 33.6 Å². The number of carbonyl (C=O) groups is 1. The molecule has 1 aliphatic rings. The van der Waals surface area contributed by atoms with E-state index in [1.165, 1.54) is 4.70 Å².